The Morgan fingerprint density at radius 1 is 0.814 bits per heavy atom. The number of amides is 3. The molecular weight excluding hydrogens is 577 g/mol. The predicted molar refractivity (Wildman–Crippen MR) is 174 cm³/mol. The largest absolute Gasteiger partial charge is 0.321 e. The first kappa shape index (κ1) is 29.5. The van der Waals surface area contributed by atoms with Crippen molar-refractivity contribution in [3.05, 3.63) is 149 Å². The number of hydrogen-bond donors (Lipinski definition) is 3. The third-order valence-corrected chi connectivity index (χ3v) is 8.34. The molecular formula is C34H28N4O3S2. The summed E-state index contributed by atoms with van der Waals surface area (Å²) in [4.78, 5) is 44.6. The molecule has 0 aliphatic carbocycles. The van der Waals surface area contributed by atoms with E-state index < -0.39 is 11.2 Å². The van der Waals surface area contributed by atoms with E-state index in [2.05, 4.69) is 20.9 Å². The number of carbonyl (C=O) groups excluding carboxylic acids is 3. The number of benzene rings is 4. The molecule has 3 amide bonds. The minimum absolute atomic E-state index is 0.115. The van der Waals surface area contributed by atoms with Crippen molar-refractivity contribution in [3.8, 4) is 0 Å². The Hall–Kier alpha value is -4.99. The second-order valence-corrected chi connectivity index (χ2v) is 11.5. The third-order valence-electron chi connectivity index (χ3n) is 6.39. The Balaban J connectivity index is 1.33. The predicted octanol–water partition coefficient (Wildman–Crippen LogP) is 7.33. The fourth-order valence-electron chi connectivity index (χ4n) is 4.15. The summed E-state index contributed by atoms with van der Waals surface area (Å²) in [6.07, 6.45) is 3.31. The van der Waals surface area contributed by atoms with E-state index in [1.165, 1.54) is 23.1 Å². The highest BCUT2D eigenvalue weighted by Gasteiger charge is 2.23. The van der Waals surface area contributed by atoms with Gasteiger partial charge in [-0.3, -0.25) is 14.4 Å². The molecule has 0 saturated heterocycles. The number of carbonyl (C=O) groups is 3. The van der Waals surface area contributed by atoms with Gasteiger partial charge in [-0.05, 0) is 66.1 Å². The Morgan fingerprint density at radius 2 is 1.49 bits per heavy atom. The van der Waals surface area contributed by atoms with Crippen LogP contribution in [-0.4, -0.2) is 22.7 Å². The van der Waals surface area contributed by atoms with Gasteiger partial charge in [0.2, 0.25) is 5.91 Å². The molecule has 3 N–H and O–H groups in total. The number of anilines is 2. The normalized spacial score (nSPS) is 11.8. The summed E-state index contributed by atoms with van der Waals surface area (Å²) < 4.78 is 0. The molecule has 0 aliphatic rings. The molecule has 214 valence electrons. The van der Waals surface area contributed by atoms with Crippen molar-refractivity contribution in [1.29, 1.82) is 0 Å². The summed E-state index contributed by atoms with van der Waals surface area (Å²) in [5.74, 6) is -1.02. The summed E-state index contributed by atoms with van der Waals surface area (Å²) in [6.45, 7) is 1.94. The topological polar surface area (TPSA) is 100 Å². The van der Waals surface area contributed by atoms with Crippen LogP contribution in [0.5, 0.6) is 0 Å². The van der Waals surface area contributed by atoms with Crippen molar-refractivity contribution in [3.63, 3.8) is 0 Å². The molecule has 5 rings (SSSR count). The number of thiazole rings is 1. The molecule has 0 saturated carbocycles. The van der Waals surface area contributed by atoms with Crippen LogP contribution in [0.4, 0.5) is 10.8 Å². The van der Waals surface area contributed by atoms with E-state index in [9.17, 15) is 14.4 Å². The number of nitrogens with zero attached hydrogens (tertiary/aromatic N) is 1. The minimum Gasteiger partial charge on any atom is -0.321 e. The van der Waals surface area contributed by atoms with Crippen LogP contribution in [0.1, 0.15) is 32.3 Å². The maximum atomic E-state index is 13.4. The first-order chi connectivity index (χ1) is 21.0. The second kappa shape index (κ2) is 14.3. The summed E-state index contributed by atoms with van der Waals surface area (Å²) in [7, 11) is 0. The molecule has 9 heteroatoms. The first-order valence-corrected chi connectivity index (χ1v) is 15.2. The van der Waals surface area contributed by atoms with E-state index in [1.807, 2.05) is 85.1 Å². The summed E-state index contributed by atoms with van der Waals surface area (Å²) in [6, 6.07) is 33.1. The van der Waals surface area contributed by atoms with Gasteiger partial charge in [0, 0.05) is 27.7 Å². The zero-order valence-corrected chi connectivity index (χ0v) is 24.8. The maximum Gasteiger partial charge on any atom is 0.272 e. The minimum atomic E-state index is -0.512. The van der Waals surface area contributed by atoms with Gasteiger partial charge in [0.1, 0.15) is 10.9 Å². The van der Waals surface area contributed by atoms with Crippen molar-refractivity contribution < 1.29 is 14.4 Å². The van der Waals surface area contributed by atoms with E-state index in [0.29, 0.717) is 16.4 Å². The molecule has 7 nitrogen and oxygen atoms in total. The van der Waals surface area contributed by atoms with E-state index in [0.717, 1.165) is 21.6 Å². The number of thioether (sulfide) groups is 1. The average Bonchev–Trinajstić information content (AvgIpc) is 3.55. The van der Waals surface area contributed by atoms with Crippen LogP contribution in [-0.2, 0) is 9.59 Å². The number of hydrogen-bond acceptors (Lipinski definition) is 6. The summed E-state index contributed by atoms with van der Waals surface area (Å²) in [5, 5.41) is 10.4. The van der Waals surface area contributed by atoms with Gasteiger partial charge in [0.05, 0.1) is 0 Å². The van der Waals surface area contributed by atoms with Crippen molar-refractivity contribution in [2.75, 3.05) is 10.6 Å². The molecule has 0 radical (unpaired) electrons. The molecule has 0 fully saturated rings. The lowest BCUT2D eigenvalue weighted by Gasteiger charge is -2.17. The van der Waals surface area contributed by atoms with Gasteiger partial charge in [0.25, 0.3) is 11.8 Å². The van der Waals surface area contributed by atoms with Crippen LogP contribution >= 0.6 is 23.1 Å². The first-order valence-electron chi connectivity index (χ1n) is 13.4. The maximum absolute atomic E-state index is 13.4. The molecule has 0 aliphatic heterocycles. The SMILES string of the molecule is Cc1ccccc1/C=C(\NC(=O)c1ccccc1)C(=O)Nc1ccc(SC(C(=O)Nc2nccs2)c2ccccc2)cc1. The fraction of sp³-hybridized carbons (Fsp3) is 0.0588. The fourth-order valence-corrected chi connectivity index (χ4v) is 5.71. The van der Waals surface area contributed by atoms with E-state index in [-0.39, 0.29) is 17.5 Å². The molecule has 0 bridgehead atoms. The summed E-state index contributed by atoms with van der Waals surface area (Å²) >= 11 is 2.76. The quantitative estimate of drug-likeness (QED) is 0.114. The van der Waals surface area contributed by atoms with Crippen molar-refractivity contribution >= 4 is 57.7 Å². The second-order valence-electron chi connectivity index (χ2n) is 9.45. The van der Waals surface area contributed by atoms with Gasteiger partial charge >= 0.3 is 0 Å². The van der Waals surface area contributed by atoms with Crippen LogP contribution in [0, 0.1) is 6.92 Å². The van der Waals surface area contributed by atoms with Crippen LogP contribution in [0.25, 0.3) is 6.08 Å². The molecule has 1 aromatic heterocycles. The molecule has 43 heavy (non-hydrogen) atoms. The lowest BCUT2D eigenvalue weighted by Crippen LogP contribution is -2.30. The Morgan fingerprint density at radius 3 is 2.16 bits per heavy atom. The van der Waals surface area contributed by atoms with Crippen molar-refractivity contribution in [1.82, 2.24) is 10.3 Å². The number of aryl methyl sites for hydroxylation is 1. The Kier molecular flexibility index (Phi) is 9.78. The third kappa shape index (κ3) is 8.06. The highest BCUT2D eigenvalue weighted by molar-refractivity contribution is 8.00. The van der Waals surface area contributed by atoms with E-state index in [4.69, 9.17) is 0 Å². The van der Waals surface area contributed by atoms with Crippen LogP contribution in [0.15, 0.2) is 131 Å². The lowest BCUT2D eigenvalue weighted by atomic mass is 10.1. The number of aromatic nitrogens is 1. The zero-order chi connectivity index (χ0) is 30.0. The van der Waals surface area contributed by atoms with Gasteiger partial charge in [-0.15, -0.1) is 23.1 Å². The van der Waals surface area contributed by atoms with E-state index in [1.54, 1.807) is 48.7 Å². The van der Waals surface area contributed by atoms with Crippen LogP contribution in [0.2, 0.25) is 0 Å². The Labute approximate surface area is 258 Å². The van der Waals surface area contributed by atoms with Gasteiger partial charge in [-0.25, -0.2) is 4.98 Å². The highest BCUT2D eigenvalue weighted by atomic mass is 32.2. The van der Waals surface area contributed by atoms with Gasteiger partial charge in [-0.2, -0.15) is 0 Å². The molecule has 1 atom stereocenters. The standard InChI is InChI=1S/C34H28N4O3S2/c1-23-10-8-9-15-26(23)22-29(37-31(39)25-13-6-3-7-14-25)32(40)36-27-16-18-28(19-17-27)43-30(24-11-4-2-5-12-24)33(41)38-34-35-20-21-42-34/h2-22,30H,1H3,(H,36,40)(H,37,39)(H,35,38,41)/b29-22-. The molecule has 1 unspecified atom stereocenters. The monoisotopic (exact) mass is 604 g/mol. The highest BCUT2D eigenvalue weighted by Crippen LogP contribution is 2.37. The molecule has 5 aromatic rings. The lowest BCUT2D eigenvalue weighted by molar-refractivity contribution is -0.116. The molecule has 4 aromatic carbocycles. The Bertz CT molecular complexity index is 1720. The van der Waals surface area contributed by atoms with Crippen LogP contribution in [0.3, 0.4) is 0 Å². The van der Waals surface area contributed by atoms with Crippen molar-refractivity contribution in [2.45, 2.75) is 17.1 Å². The average molecular weight is 605 g/mol. The number of rotatable bonds is 10. The molecule has 0 spiro atoms. The zero-order valence-electron chi connectivity index (χ0n) is 23.2. The van der Waals surface area contributed by atoms with Crippen molar-refractivity contribution in [2.24, 2.45) is 0 Å². The molecule has 1 heterocycles. The van der Waals surface area contributed by atoms with Crippen LogP contribution < -0.4 is 16.0 Å². The smallest absolute Gasteiger partial charge is 0.272 e. The van der Waals surface area contributed by atoms with Gasteiger partial charge in [0.15, 0.2) is 5.13 Å². The van der Waals surface area contributed by atoms with Gasteiger partial charge in [-0.1, -0.05) is 72.8 Å². The van der Waals surface area contributed by atoms with Gasteiger partial charge < -0.3 is 16.0 Å². The number of nitrogens with one attached hydrogen (secondary N) is 3. The van der Waals surface area contributed by atoms with E-state index >= 15 is 0 Å². The summed E-state index contributed by atoms with van der Waals surface area (Å²) in [5.41, 5.74) is 3.75.